The summed E-state index contributed by atoms with van der Waals surface area (Å²) < 4.78 is 6.03. The average molecular weight is 221 g/mol. The van der Waals surface area contributed by atoms with Crippen molar-refractivity contribution >= 4 is 5.91 Å². The van der Waals surface area contributed by atoms with Crippen LogP contribution in [0.5, 0.6) is 0 Å². The topological polar surface area (TPSA) is 29.5 Å². The minimum atomic E-state index is -0.261. The Balaban J connectivity index is 1.74. The van der Waals surface area contributed by atoms with Crippen molar-refractivity contribution in [1.82, 2.24) is 4.90 Å². The Morgan fingerprint density at radius 1 is 1.38 bits per heavy atom. The summed E-state index contributed by atoms with van der Waals surface area (Å²) in [5.41, 5.74) is -0.261. The maximum absolute atomic E-state index is 12.1. The molecule has 2 heterocycles. The lowest BCUT2D eigenvalue weighted by Gasteiger charge is -2.50. The van der Waals surface area contributed by atoms with Gasteiger partial charge in [-0.3, -0.25) is 4.79 Å². The molecule has 0 unspecified atom stereocenters. The molecule has 16 heavy (non-hydrogen) atoms. The van der Waals surface area contributed by atoms with Crippen LogP contribution in [0.4, 0.5) is 0 Å². The normalized spacial score (nSPS) is 54.3. The summed E-state index contributed by atoms with van der Waals surface area (Å²) in [6, 6.07) is 0.521. The molecule has 0 spiro atoms. The first kappa shape index (κ1) is 9.46. The van der Waals surface area contributed by atoms with Gasteiger partial charge in [0.15, 0.2) is 0 Å². The van der Waals surface area contributed by atoms with Gasteiger partial charge >= 0.3 is 0 Å². The molecule has 3 heteroatoms. The van der Waals surface area contributed by atoms with Crippen molar-refractivity contribution in [2.45, 2.75) is 50.8 Å². The fourth-order valence-electron chi connectivity index (χ4n) is 4.76. The van der Waals surface area contributed by atoms with E-state index in [1.54, 1.807) is 0 Å². The van der Waals surface area contributed by atoms with Gasteiger partial charge in [0.05, 0.1) is 6.61 Å². The van der Waals surface area contributed by atoms with E-state index in [1.807, 2.05) is 0 Å². The molecule has 0 N–H and O–H groups in total. The van der Waals surface area contributed by atoms with E-state index in [4.69, 9.17) is 4.74 Å². The Labute approximate surface area is 96.1 Å². The van der Waals surface area contributed by atoms with E-state index >= 15 is 0 Å². The third-order valence-corrected chi connectivity index (χ3v) is 5.51. The van der Waals surface area contributed by atoms with Gasteiger partial charge in [-0.1, -0.05) is 0 Å². The molecule has 2 saturated heterocycles. The van der Waals surface area contributed by atoms with Crippen LogP contribution in [0.1, 0.15) is 39.0 Å². The molecule has 2 bridgehead atoms. The van der Waals surface area contributed by atoms with Crippen LogP contribution in [0.25, 0.3) is 0 Å². The molecule has 4 aliphatic rings. The maximum atomic E-state index is 12.1. The van der Waals surface area contributed by atoms with Crippen LogP contribution in [0, 0.1) is 17.8 Å². The van der Waals surface area contributed by atoms with Crippen molar-refractivity contribution in [3.8, 4) is 0 Å². The Hall–Kier alpha value is -0.570. The first-order valence-corrected chi connectivity index (χ1v) is 6.65. The molecule has 4 rings (SSSR count). The lowest BCUT2D eigenvalue weighted by Crippen LogP contribution is -2.60. The number of rotatable bonds is 0. The van der Waals surface area contributed by atoms with E-state index in [9.17, 15) is 4.79 Å². The minimum absolute atomic E-state index is 0.261. The Morgan fingerprint density at radius 2 is 2.19 bits per heavy atom. The molecule has 1 amide bonds. The van der Waals surface area contributed by atoms with Gasteiger partial charge in [0.25, 0.3) is 0 Å². The smallest absolute Gasteiger partial charge is 0.225 e. The second-order valence-corrected chi connectivity index (χ2v) is 6.24. The number of carbonyl (C=O) groups is 1. The van der Waals surface area contributed by atoms with Gasteiger partial charge in [0.1, 0.15) is 5.72 Å². The zero-order valence-electron chi connectivity index (χ0n) is 9.82. The highest BCUT2D eigenvalue weighted by Crippen LogP contribution is 2.55. The van der Waals surface area contributed by atoms with E-state index in [2.05, 4.69) is 11.8 Å². The van der Waals surface area contributed by atoms with Crippen LogP contribution in [0.15, 0.2) is 0 Å². The zero-order chi connectivity index (χ0) is 10.9. The molecule has 2 aliphatic carbocycles. The number of hydrogen-bond acceptors (Lipinski definition) is 2. The standard InChI is InChI=1S/C13H19NO2/c1-13-5-4-11(15)14(13)12-9-3-2-8(6-9)10(12)7-16-13/h8-10,12H,2-7H2,1H3/t8-,9+,10+,12-,13+/m0/s1. The van der Waals surface area contributed by atoms with Gasteiger partial charge in [0.2, 0.25) is 5.91 Å². The Kier molecular flexibility index (Phi) is 1.66. The van der Waals surface area contributed by atoms with Crippen LogP contribution in [0.2, 0.25) is 0 Å². The number of fused-ring (bicyclic) bond motifs is 7. The van der Waals surface area contributed by atoms with Crippen LogP contribution >= 0.6 is 0 Å². The highest BCUT2D eigenvalue weighted by atomic mass is 16.5. The maximum Gasteiger partial charge on any atom is 0.225 e. The summed E-state index contributed by atoms with van der Waals surface area (Å²) in [5.74, 6) is 2.60. The molecule has 3 nitrogen and oxygen atoms in total. The fourth-order valence-corrected chi connectivity index (χ4v) is 4.76. The molecule has 5 atom stereocenters. The van der Waals surface area contributed by atoms with Crippen LogP contribution in [-0.2, 0) is 9.53 Å². The van der Waals surface area contributed by atoms with Crippen molar-refractivity contribution in [1.29, 1.82) is 0 Å². The lowest BCUT2D eigenvalue weighted by atomic mass is 9.82. The van der Waals surface area contributed by atoms with E-state index in [0.717, 1.165) is 24.9 Å². The molecule has 2 saturated carbocycles. The molecule has 4 fully saturated rings. The average Bonchev–Trinajstić information content (AvgIpc) is 2.92. The van der Waals surface area contributed by atoms with Crippen molar-refractivity contribution in [3.05, 3.63) is 0 Å². The zero-order valence-corrected chi connectivity index (χ0v) is 9.82. The predicted molar refractivity (Wildman–Crippen MR) is 58.5 cm³/mol. The van der Waals surface area contributed by atoms with Gasteiger partial charge in [0, 0.05) is 24.8 Å². The van der Waals surface area contributed by atoms with Gasteiger partial charge in [-0.05, 0) is 38.0 Å². The van der Waals surface area contributed by atoms with E-state index in [-0.39, 0.29) is 5.72 Å². The van der Waals surface area contributed by atoms with Gasteiger partial charge in [-0.2, -0.15) is 0 Å². The lowest BCUT2D eigenvalue weighted by molar-refractivity contribution is -0.208. The quantitative estimate of drug-likeness (QED) is 0.624. The van der Waals surface area contributed by atoms with Crippen LogP contribution in [-0.4, -0.2) is 29.2 Å². The highest BCUT2D eigenvalue weighted by Gasteiger charge is 2.60. The molecule has 0 aromatic heterocycles. The van der Waals surface area contributed by atoms with Crippen molar-refractivity contribution in [2.75, 3.05) is 6.61 Å². The summed E-state index contributed by atoms with van der Waals surface area (Å²) in [7, 11) is 0. The summed E-state index contributed by atoms with van der Waals surface area (Å²) in [6.45, 7) is 3.01. The first-order valence-electron chi connectivity index (χ1n) is 6.65. The van der Waals surface area contributed by atoms with E-state index < -0.39 is 0 Å². The van der Waals surface area contributed by atoms with Crippen LogP contribution in [0.3, 0.4) is 0 Å². The van der Waals surface area contributed by atoms with Crippen molar-refractivity contribution in [2.24, 2.45) is 17.8 Å². The van der Waals surface area contributed by atoms with Crippen molar-refractivity contribution < 1.29 is 9.53 Å². The molecule has 88 valence electrons. The number of nitrogens with zero attached hydrogens (tertiary/aromatic N) is 1. The van der Waals surface area contributed by atoms with Crippen LogP contribution < -0.4 is 0 Å². The number of hydrogen-bond donors (Lipinski definition) is 0. The molecule has 0 radical (unpaired) electrons. The first-order chi connectivity index (χ1) is 7.69. The minimum Gasteiger partial charge on any atom is -0.355 e. The third kappa shape index (κ3) is 0.963. The largest absolute Gasteiger partial charge is 0.355 e. The monoisotopic (exact) mass is 221 g/mol. The molecular formula is C13H19NO2. The predicted octanol–water partition coefficient (Wildman–Crippen LogP) is 1.77. The summed E-state index contributed by atoms with van der Waals surface area (Å²) in [6.07, 6.45) is 5.64. The summed E-state index contributed by atoms with van der Waals surface area (Å²) in [5, 5.41) is 0. The molecule has 0 aromatic rings. The van der Waals surface area contributed by atoms with Crippen molar-refractivity contribution in [3.63, 3.8) is 0 Å². The SMILES string of the molecule is C[C@@]12CCC(=O)N1[C@H]1[C@@H]3CC[C@@H](C3)[C@H]1CO2. The van der Waals surface area contributed by atoms with Gasteiger partial charge < -0.3 is 9.64 Å². The number of amides is 1. The summed E-state index contributed by atoms with van der Waals surface area (Å²) in [4.78, 5) is 14.2. The second kappa shape index (κ2) is 2.81. The van der Waals surface area contributed by atoms with E-state index in [1.165, 1.54) is 19.3 Å². The number of carbonyl (C=O) groups excluding carboxylic acids is 1. The van der Waals surface area contributed by atoms with Gasteiger partial charge in [-0.15, -0.1) is 0 Å². The molecule has 2 aliphatic heterocycles. The number of ether oxygens (including phenoxy) is 1. The second-order valence-electron chi connectivity index (χ2n) is 6.24. The highest BCUT2D eigenvalue weighted by molar-refractivity contribution is 5.80. The summed E-state index contributed by atoms with van der Waals surface area (Å²) >= 11 is 0. The Morgan fingerprint density at radius 3 is 3.06 bits per heavy atom. The molecular weight excluding hydrogens is 202 g/mol. The fraction of sp³-hybridized carbons (Fsp3) is 0.923. The van der Waals surface area contributed by atoms with E-state index in [0.29, 0.717) is 24.3 Å². The molecule has 0 aromatic carbocycles. The van der Waals surface area contributed by atoms with Gasteiger partial charge in [-0.25, -0.2) is 0 Å². The third-order valence-electron chi connectivity index (χ3n) is 5.51. The Bertz CT molecular complexity index is 356.